The van der Waals surface area contributed by atoms with Gasteiger partial charge in [0.15, 0.2) is 4.32 Å². The van der Waals surface area contributed by atoms with E-state index in [9.17, 15) is 9.59 Å². The topological polar surface area (TPSA) is 40.6 Å². The number of benzene rings is 2. The minimum Gasteiger partial charge on any atom is -0.308 e. The quantitative estimate of drug-likeness (QED) is 0.567. The molecule has 0 aliphatic carbocycles. The Balaban J connectivity index is 1.82. The first kappa shape index (κ1) is 17.9. The SMILES string of the molecule is CCCN1C(=O)/C(=C2\SC(=S)N(c3ccc(C)cc3)C2=O)c2ccccc21. The van der Waals surface area contributed by atoms with Crippen molar-refractivity contribution in [1.29, 1.82) is 0 Å². The number of hydrogen-bond acceptors (Lipinski definition) is 4. The molecule has 4 nitrogen and oxygen atoms in total. The van der Waals surface area contributed by atoms with Crippen LogP contribution in [0.25, 0.3) is 5.57 Å². The van der Waals surface area contributed by atoms with Gasteiger partial charge in [-0.15, -0.1) is 0 Å². The number of para-hydroxylation sites is 1. The molecule has 0 atom stereocenters. The van der Waals surface area contributed by atoms with Crippen molar-refractivity contribution >= 4 is 57.1 Å². The zero-order chi connectivity index (χ0) is 19.1. The van der Waals surface area contributed by atoms with Gasteiger partial charge in [-0.2, -0.15) is 0 Å². The van der Waals surface area contributed by atoms with Crippen molar-refractivity contribution in [2.45, 2.75) is 20.3 Å². The molecule has 6 heteroatoms. The molecule has 0 radical (unpaired) electrons. The van der Waals surface area contributed by atoms with E-state index in [0.29, 0.717) is 21.3 Å². The fraction of sp³-hybridized carbons (Fsp3) is 0.190. The first-order chi connectivity index (χ1) is 13.0. The lowest BCUT2D eigenvalue weighted by Gasteiger charge is -2.15. The molecule has 0 bridgehead atoms. The molecule has 2 heterocycles. The van der Waals surface area contributed by atoms with Gasteiger partial charge in [0.05, 0.1) is 21.9 Å². The zero-order valence-corrected chi connectivity index (χ0v) is 16.7. The fourth-order valence-electron chi connectivity index (χ4n) is 3.38. The summed E-state index contributed by atoms with van der Waals surface area (Å²) in [7, 11) is 0. The Kier molecular flexibility index (Phi) is 4.61. The van der Waals surface area contributed by atoms with Crippen molar-refractivity contribution in [3.05, 3.63) is 64.6 Å². The summed E-state index contributed by atoms with van der Waals surface area (Å²) in [5, 5.41) is 0. The number of aryl methyl sites for hydroxylation is 1. The molecule has 2 amide bonds. The second-order valence-electron chi connectivity index (χ2n) is 6.52. The van der Waals surface area contributed by atoms with E-state index in [0.717, 1.165) is 28.9 Å². The van der Waals surface area contributed by atoms with Crippen molar-refractivity contribution in [2.24, 2.45) is 0 Å². The summed E-state index contributed by atoms with van der Waals surface area (Å²) >= 11 is 6.68. The monoisotopic (exact) mass is 394 g/mol. The molecule has 27 heavy (non-hydrogen) atoms. The second kappa shape index (κ2) is 6.94. The van der Waals surface area contributed by atoms with Crippen LogP contribution >= 0.6 is 24.0 Å². The number of carbonyl (C=O) groups excluding carboxylic acids is 2. The van der Waals surface area contributed by atoms with Crippen LogP contribution in [-0.2, 0) is 9.59 Å². The van der Waals surface area contributed by atoms with Gasteiger partial charge in [0.1, 0.15) is 0 Å². The van der Waals surface area contributed by atoms with Gasteiger partial charge in [-0.25, -0.2) is 0 Å². The van der Waals surface area contributed by atoms with Gasteiger partial charge < -0.3 is 4.90 Å². The predicted octanol–water partition coefficient (Wildman–Crippen LogP) is 4.53. The second-order valence-corrected chi connectivity index (χ2v) is 8.17. The third-order valence-corrected chi connectivity index (χ3v) is 6.03. The molecular weight excluding hydrogens is 376 g/mol. The Hall–Kier alpha value is -2.44. The largest absolute Gasteiger partial charge is 0.308 e. The highest BCUT2D eigenvalue weighted by atomic mass is 32.2. The van der Waals surface area contributed by atoms with Gasteiger partial charge in [0.25, 0.3) is 11.8 Å². The number of amides is 2. The Morgan fingerprint density at radius 1 is 1.00 bits per heavy atom. The number of thioether (sulfide) groups is 1. The molecule has 0 saturated carbocycles. The van der Waals surface area contributed by atoms with Crippen molar-refractivity contribution in [1.82, 2.24) is 0 Å². The van der Waals surface area contributed by atoms with Crippen LogP contribution in [0.1, 0.15) is 24.5 Å². The van der Waals surface area contributed by atoms with Crippen LogP contribution in [0.15, 0.2) is 53.4 Å². The number of hydrogen-bond donors (Lipinski definition) is 0. The Bertz CT molecular complexity index is 995. The van der Waals surface area contributed by atoms with Crippen molar-refractivity contribution in [2.75, 3.05) is 16.3 Å². The molecule has 4 rings (SSSR count). The van der Waals surface area contributed by atoms with E-state index >= 15 is 0 Å². The highest BCUT2D eigenvalue weighted by molar-refractivity contribution is 8.27. The van der Waals surface area contributed by atoms with E-state index in [1.54, 1.807) is 4.90 Å². The Labute approximate surface area is 167 Å². The average Bonchev–Trinajstić information content (AvgIpc) is 3.10. The summed E-state index contributed by atoms with van der Waals surface area (Å²) in [5.41, 5.74) is 3.96. The number of nitrogens with zero attached hydrogens (tertiary/aromatic N) is 2. The zero-order valence-electron chi connectivity index (χ0n) is 15.1. The van der Waals surface area contributed by atoms with Gasteiger partial charge >= 0.3 is 0 Å². The highest BCUT2D eigenvalue weighted by Crippen LogP contribution is 2.45. The normalized spacial score (nSPS) is 19.3. The molecule has 0 spiro atoms. The Morgan fingerprint density at radius 2 is 1.70 bits per heavy atom. The van der Waals surface area contributed by atoms with E-state index in [4.69, 9.17) is 12.2 Å². The standard InChI is InChI=1S/C21H18N2O2S2/c1-3-12-22-16-7-5-4-6-15(16)17(19(22)24)18-20(25)23(21(26)27-18)14-10-8-13(2)9-11-14/h4-11H,3,12H2,1-2H3/b18-17-. The number of carbonyl (C=O) groups is 2. The van der Waals surface area contributed by atoms with Crippen molar-refractivity contribution < 1.29 is 9.59 Å². The third-order valence-electron chi connectivity index (χ3n) is 4.66. The molecular formula is C21H18N2O2S2. The summed E-state index contributed by atoms with van der Waals surface area (Å²) < 4.78 is 0.450. The van der Waals surface area contributed by atoms with Crippen LogP contribution < -0.4 is 9.80 Å². The molecule has 0 N–H and O–H groups in total. The molecule has 2 aliphatic rings. The van der Waals surface area contributed by atoms with E-state index in [1.807, 2.05) is 62.4 Å². The van der Waals surface area contributed by atoms with Crippen LogP contribution in [0.5, 0.6) is 0 Å². The van der Waals surface area contributed by atoms with E-state index in [1.165, 1.54) is 16.7 Å². The number of thiocarbonyl (C=S) groups is 1. The predicted molar refractivity (Wildman–Crippen MR) is 115 cm³/mol. The molecule has 1 fully saturated rings. The maximum absolute atomic E-state index is 13.2. The molecule has 1 saturated heterocycles. The molecule has 2 aliphatic heterocycles. The van der Waals surface area contributed by atoms with E-state index in [-0.39, 0.29) is 11.8 Å². The van der Waals surface area contributed by atoms with Crippen LogP contribution in [0, 0.1) is 6.92 Å². The molecule has 2 aromatic carbocycles. The minimum atomic E-state index is -0.231. The number of anilines is 2. The first-order valence-electron chi connectivity index (χ1n) is 8.81. The highest BCUT2D eigenvalue weighted by Gasteiger charge is 2.42. The number of rotatable bonds is 3. The van der Waals surface area contributed by atoms with Crippen LogP contribution in [0.4, 0.5) is 11.4 Å². The Morgan fingerprint density at radius 3 is 2.41 bits per heavy atom. The van der Waals surface area contributed by atoms with Gasteiger partial charge in [-0.05, 0) is 31.5 Å². The summed E-state index contributed by atoms with van der Waals surface area (Å²) in [6, 6.07) is 15.3. The first-order valence-corrected chi connectivity index (χ1v) is 10.0. The smallest absolute Gasteiger partial charge is 0.271 e. The summed E-state index contributed by atoms with van der Waals surface area (Å²) in [6.45, 7) is 4.65. The van der Waals surface area contributed by atoms with Gasteiger partial charge in [-0.3, -0.25) is 14.5 Å². The lowest BCUT2D eigenvalue weighted by Crippen LogP contribution is -2.29. The lowest BCUT2D eigenvalue weighted by atomic mass is 10.1. The third kappa shape index (κ3) is 2.89. The summed E-state index contributed by atoms with van der Waals surface area (Å²) in [4.78, 5) is 30.0. The average molecular weight is 395 g/mol. The van der Waals surface area contributed by atoms with Crippen LogP contribution in [0.3, 0.4) is 0 Å². The van der Waals surface area contributed by atoms with Crippen molar-refractivity contribution in [3.8, 4) is 0 Å². The lowest BCUT2D eigenvalue weighted by molar-refractivity contribution is -0.115. The van der Waals surface area contributed by atoms with Gasteiger partial charge in [-0.1, -0.05) is 66.8 Å². The molecule has 136 valence electrons. The van der Waals surface area contributed by atoms with Gasteiger partial charge in [0.2, 0.25) is 0 Å². The van der Waals surface area contributed by atoms with Gasteiger partial charge in [0, 0.05) is 12.1 Å². The van der Waals surface area contributed by atoms with E-state index < -0.39 is 0 Å². The summed E-state index contributed by atoms with van der Waals surface area (Å²) in [6.07, 6.45) is 0.845. The summed E-state index contributed by atoms with van der Waals surface area (Å²) in [5.74, 6) is -0.354. The van der Waals surface area contributed by atoms with Crippen molar-refractivity contribution in [3.63, 3.8) is 0 Å². The fourth-order valence-corrected chi connectivity index (χ4v) is 4.75. The number of fused-ring (bicyclic) bond motifs is 1. The molecule has 2 aromatic rings. The van der Waals surface area contributed by atoms with Crippen LogP contribution in [0.2, 0.25) is 0 Å². The molecule has 0 aromatic heterocycles. The van der Waals surface area contributed by atoms with E-state index in [2.05, 4.69) is 0 Å². The minimum absolute atomic E-state index is 0.123. The van der Waals surface area contributed by atoms with Crippen LogP contribution in [-0.4, -0.2) is 22.7 Å². The molecule has 0 unspecified atom stereocenters. The maximum atomic E-state index is 13.2. The maximum Gasteiger partial charge on any atom is 0.271 e.